The molecular formula is C61H108O6. The van der Waals surface area contributed by atoms with Crippen LogP contribution in [0.2, 0.25) is 0 Å². The predicted octanol–water partition coefficient (Wildman–Crippen LogP) is 19.2. The Morgan fingerprint density at radius 3 is 0.940 bits per heavy atom. The van der Waals surface area contributed by atoms with E-state index in [1.165, 1.54) is 154 Å². The van der Waals surface area contributed by atoms with Crippen LogP contribution in [0.25, 0.3) is 0 Å². The fraction of sp³-hybridized carbons (Fsp3) is 0.787. The number of ether oxygens (including phenoxy) is 3. The van der Waals surface area contributed by atoms with E-state index in [9.17, 15) is 14.4 Å². The molecule has 0 N–H and O–H groups in total. The van der Waals surface area contributed by atoms with Crippen molar-refractivity contribution in [3.05, 3.63) is 60.8 Å². The van der Waals surface area contributed by atoms with Crippen LogP contribution in [0.4, 0.5) is 0 Å². The van der Waals surface area contributed by atoms with Gasteiger partial charge in [-0.1, -0.05) is 229 Å². The van der Waals surface area contributed by atoms with Crippen LogP contribution in [0, 0.1) is 0 Å². The summed E-state index contributed by atoms with van der Waals surface area (Å²) in [5.41, 5.74) is 0. The van der Waals surface area contributed by atoms with E-state index in [-0.39, 0.29) is 31.1 Å². The highest BCUT2D eigenvalue weighted by Gasteiger charge is 2.19. The van der Waals surface area contributed by atoms with E-state index in [1.807, 2.05) is 0 Å². The first kappa shape index (κ1) is 64.1. The molecule has 388 valence electrons. The van der Waals surface area contributed by atoms with Crippen LogP contribution >= 0.6 is 0 Å². The number of esters is 3. The van der Waals surface area contributed by atoms with Gasteiger partial charge in [0, 0.05) is 19.3 Å². The van der Waals surface area contributed by atoms with E-state index in [2.05, 4.69) is 81.5 Å². The second-order valence-electron chi connectivity index (χ2n) is 19.2. The summed E-state index contributed by atoms with van der Waals surface area (Å²) in [4.78, 5) is 38.1. The summed E-state index contributed by atoms with van der Waals surface area (Å²) >= 11 is 0. The number of rotatable bonds is 52. The van der Waals surface area contributed by atoms with Crippen molar-refractivity contribution in [3.8, 4) is 0 Å². The minimum absolute atomic E-state index is 0.0826. The van der Waals surface area contributed by atoms with Crippen LogP contribution in [-0.2, 0) is 28.6 Å². The molecular weight excluding hydrogens is 829 g/mol. The van der Waals surface area contributed by atoms with Crippen LogP contribution in [0.3, 0.4) is 0 Å². The lowest BCUT2D eigenvalue weighted by molar-refractivity contribution is -0.167. The van der Waals surface area contributed by atoms with E-state index in [1.54, 1.807) is 0 Å². The van der Waals surface area contributed by atoms with E-state index in [0.717, 1.165) is 96.3 Å². The quantitative estimate of drug-likeness (QED) is 0.0262. The van der Waals surface area contributed by atoms with Gasteiger partial charge in [-0.25, -0.2) is 0 Å². The molecule has 0 saturated heterocycles. The number of unbranched alkanes of at least 4 members (excludes halogenated alkanes) is 31. The fourth-order valence-corrected chi connectivity index (χ4v) is 8.15. The van der Waals surface area contributed by atoms with Gasteiger partial charge in [0.15, 0.2) is 6.10 Å². The Labute approximate surface area is 415 Å². The van der Waals surface area contributed by atoms with Gasteiger partial charge in [0.05, 0.1) is 0 Å². The molecule has 6 nitrogen and oxygen atoms in total. The first-order valence-electron chi connectivity index (χ1n) is 28.8. The van der Waals surface area contributed by atoms with Gasteiger partial charge >= 0.3 is 17.9 Å². The Morgan fingerprint density at radius 2 is 0.582 bits per heavy atom. The van der Waals surface area contributed by atoms with Crippen molar-refractivity contribution in [1.29, 1.82) is 0 Å². The molecule has 0 bridgehead atoms. The van der Waals surface area contributed by atoms with Gasteiger partial charge in [-0.2, -0.15) is 0 Å². The van der Waals surface area contributed by atoms with Crippen molar-refractivity contribution in [3.63, 3.8) is 0 Å². The maximum atomic E-state index is 12.8. The molecule has 0 aromatic heterocycles. The molecule has 0 heterocycles. The summed E-state index contributed by atoms with van der Waals surface area (Å²) in [6, 6.07) is 0. The maximum Gasteiger partial charge on any atom is 0.306 e. The van der Waals surface area contributed by atoms with Crippen molar-refractivity contribution in [2.24, 2.45) is 0 Å². The summed E-state index contributed by atoms with van der Waals surface area (Å²) in [7, 11) is 0. The van der Waals surface area contributed by atoms with Crippen molar-refractivity contribution < 1.29 is 28.6 Å². The number of allylic oxidation sites excluding steroid dienone is 10. The Bertz CT molecular complexity index is 1210. The highest BCUT2D eigenvalue weighted by molar-refractivity contribution is 5.71. The lowest BCUT2D eigenvalue weighted by Gasteiger charge is -2.18. The van der Waals surface area contributed by atoms with Gasteiger partial charge in [-0.15, -0.1) is 0 Å². The van der Waals surface area contributed by atoms with Gasteiger partial charge < -0.3 is 14.2 Å². The van der Waals surface area contributed by atoms with E-state index in [4.69, 9.17) is 14.2 Å². The Morgan fingerprint density at radius 1 is 0.313 bits per heavy atom. The highest BCUT2D eigenvalue weighted by atomic mass is 16.6. The number of carbonyl (C=O) groups is 3. The standard InChI is InChI=1S/C61H108O6/c1-4-7-10-13-16-19-22-25-28-29-30-31-34-36-39-42-45-48-51-54-60(63)66-57-58(67-61(64)55-52-49-46-43-40-37-33-27-24-21-18-15-12-9-6-3)56-65-59(62)53-50-47-44-41-38-35-32-26-23-20-17-14-11-8-5-2/h9,12,18,20-21,23,25,27-28,33,58H,4-8,10-11,13-17,19,22,24,26,29-32,34-57H2,1-3H3/b12-9-,21-18-,23-20-,28-25-,33-27-/t58-/m0/s1. The summed E-state index contributed by atoms with van der Waals surface area (Å²) in [5, 5.41) is 0. The summed E-state index contributed by atoms with van der Waals surface area (Å²) < 4.78 is 16.9. The molecule has 1 atom stereocenters. The highest BCUT2D eigenvalue weighted by Crippen LogP contribution is 2.15. The molecule has 0 aromatic rings. The van der Waals surface area contributed by atoms with Crippen LogP contribution in [0.5, 0.6) is 0 Å². The summed E-state index contributed by atoms with van der Waals surface area (Å²) in [6.07, 6.45) is 69.2. The van der Waals surface area contributed by atoms with E-state index >= 15 is 0 Å². The van der Waals surface area contributed by atoms with Gasteiger partial charge in [0.2, 0.25) is 0 Å². The van der Waals surface area contributed by atoms with Crippen molar-refractivity contribution in [1.82, 2.24) is 0 Å². The first-order valence-corrected chi connectivity index (χ1v) is 28.8. The van der Waals surface area contributed by atoms with Gasteiger partial charge in [0.25, 0.3) is 0 Å². The van der Waals surface area contributed by atoms with Crippen LogP contribution in [0.1, 0.15) is 290 Å². The molecule has 0 saturated carbocycles. The molecule has 0 unspecified atom stereocenters. The molecule has 0 aliphatic heterocycles. The smallest absolute Gasteiger partial charge is 0.306 e. The third kappa shape index (κ3) is 53.9. The van der Waals surface area contributed by atoms with E-state index < -0.39 is 6.10 Å². The Hall–Kier alpha value is -2.89. The third-order valence-corrected chi connectivity index (χ3v) is 12.5. The minimum atomic E-state index is -0.785. The first-order chi connectivity index (χ1) is 33.0. The summed E-state index contributed by atoms with van der Waals surface area (Å²) in [5.74, 6) is -0.896. The van der Waals surface area contributed by atoms with Crippen LogP contribution in [-0.4, -0.2) is 37.2 Å². The zero-order valence-corrected chi connectivity index (χ0v) is 44.4. The van der Waals surface area contributed by atoms with E-state index in [0.29, 0.717) is 19.3 Å². The van der Waals surface area contributed by atoms with Gasteiger partial charge in [-0.3, -0.25) is 14.4 Å². The lowest BCUT2D eigenvalue weighted by Crippen LogP contribution is -2.30. The molecule has 0 amide bonds. The monoisotopic (exact) mass is 937 g/mol. The molecule has 0 spiro atoms. The summed E-state index contributed by atoms with van der Waals surface area (Å²) in [6.45, 7) is 6.52. The molecule has 0 fully saturated rings. The molecule has 67 heavy (non-hydrogen) atoms. The van der Waals surface area contributed by atoms with Crippen molar-refractivity contribution in [2.75, 3.05) is 13.2 Å². The third-order valence-electron chi connectivity index (χ3n) is 12.5. The van der Waals surface area contributed by atoms with Crippen LogP contribution in [0.15, 0.2) is 60.8 Å². The topological polar surface area (TPSA) is 78.9 Å². The molecule has 0 aliphatic rings. The molecule has 0 aliphatic carbocycles. The zero-order chi connectivity index (χ0) is 48.6. The average Bonchev–Trinajstić information content (AvgIpc) is 3.33. The number of hydrogen-bond acceptors (Lipinski definition) is 6. The van der Waals surface area contributed by atoms with Crippen molar-refractivity contribution >= 4 is 17.9 Å². The maximum absolute atomic E-state index is 12.8. The molecule has 0 aromatic carbocycles. The molecule has 0 rings (SSSR count). The lowest BCUT2D eigenvalue weighted by atomic mass is 10.1. The molecule has 0 radical (unpaired) electrons. The van der Waals surface area contributed by atoms with Gasteiger partial charge in [-0.05, 0) is 103 Å². The Kier molecular flexibility index (Phi) is 53.3. The fourth-order valence-electron chi connectivity index (χ4n) is 8.15. The molecule has 6 heteroatoms. The predicted molar refractivity (Wildman–Crippen MR) is 288 cm³/mol. The average molecular weight is 938 g/mol. The number of carbonyl (C=O) groups excluding carboxylic acids is 3. The zero-order valence-electron chi connectivity index (χ0n) is 44.4. The second-order valence-corrected chi connectivity index (χ2v) is 19.2. The minimum Gasteiger partial charge on any atom is -0.462 e. The normalized spacial score (nSPS) is 12.5. The SMILES string of the molecule is CC/C=C\C/C=C\C/C=C\CCCCCCCC(=O)O[C@@H](COC(=O)CCCCCCCCC/C=C\CCCCCC)COC(=O)CCCCCCCCCCC/C=C\CCCCCCCC. The Balaban J connectivity index is 4.37. The van der Waals surface area contributed by atoms with Crippen LogP contribution < -0.4 is 0 Å². The largest absolute Gasteiger partial charge is 0.462 e. The number of hydrogen-bond donors (Lipinski definition) is 0. The second kappa shape index (κ2) is 55.7. The van der Waals surface area contributed by atoms with Crippen molar-refractivity contribution in [2.45, 2.75) is 297 Å². The van der Waals surface area contributed by atoms with Gasteiger partial charge in [0.1, 0.15) is 13.2 Å².